The van der Waals surface area contributed by atoms with Crippen LogP contribution < -0.4 is 9.64 Å². The highest BCUT2D eigenvalue weighted by atomic mass is 19.4. The molecule has 1 saturated carbocycles. The zero-order chi connectivity index (χ0) is 29.8. The van der Waals surface area contributed by atoms with E-state index in [0.29, 0.717) is 30.6 Å². The predicted molar refractivity (Wildman–Crippen MR) is 140 cm³/mol. The molecule has 2 aromatic carbocycles. The molecule has 3 aromatic rings. The van der Waals surface area contributed by atoms with Gasteiger partial charge in [0.2, 0.25) is 0 Å². The molecule has 2 saturated heterocycles. The molecular weight excluding hydrogens is 563 g/mol. The van der Waals surface area contributed by atoms with Crippen molar-refractivity contribution in [2.75, 3.05) is 12.0 Å². The van der Waals surface area contributed by atoms with E-state index >= 15 is 8.78 Å². The van der Waals surface area contributed by atoms with Crippen molar-refractivity contribution in [3.05, 3.63) is 64.9 Å². The van der Waals surface area contributed by atoms with Gasteiger partial charge in [0.25, 0.3) is 0 Å². The molecule has 4 atom stereocenters. The van der Waals surface area contributed by atoms with Crippen LogP contribution >= 0.6 is 0 Å². The van der Waals surface area contributed by atoms with Crippen molar-refractivity contribution in [3.63, 3.8) is 0 Å². The molecule has 42 heavy (non-hydrogen) atoms. The summed E-state index contributed by atoms with van der Waals surface area (Å²) < 4.78 is 90.5. The number of alkyl halides is 3. The highest BCUT2D eigenvalue weighted by Gasteiger charge is 2.47. The number of benzene rings is 2. The van der Waals surface area contributed by atoms with Crippen LogP contribution in [0.2, 0.25) is 0 Å². The highest BCUT2D eigenvalue weighted by Crippen LogP contribution is 2.48. The summed E-state index contributed by atoms with van der Waals surface area (Å²) in [5.41, 5.74) is 0.593. The number of methoxy groups -OCH3 is 1. The van der Waals surface area contributed by atoms with Crippen molar-refractivity contribution < 1.29 is 45.5 Å². The molecule has 0 radical (unpaired) electrons. The summed E-state index contributed by atoms with van der Waals surface area (Å²) in [5, 5.41) is 4.13. The third-order valence-electron chi connectivity index (χ3n) is 8.38. The fraction of sp³-hybridized carbons (Fsp3) is 0.467. The molecule has 12 heteroatoms. The van der Waals surface area contributed by atoms with Crippen LogP contribution in [0.25, 0.3) is 11.3 Å². The standard InChI is InChI=1S/C30H29F5N2O5/c1-15-9-18-12-19(13-24(15)37(18)27-22(31)10-17(11-23(27)32)29(38)39-2)40-14-21-26(36-42-28(21)16-7-8-16)20-5-3-4-6-25(20)41-30(33,34)35/h3-6,10-11,15-16,18-19,24H,7-9,12-14H2,1-2H3/t15-,18?,19?,24?/m1/s1. The molecule has 3 fully saturated rings. The van der Waals surface area contributed by atoms with Crippen molar-refractivity contribution in [2.24, 2.45) is 5.92 Å². The van der Waals surface area contributed by atoms with E-state index in [1.165, 1.54) is 18.2 Å². The summed E-state index contributed by atoms with van der Waals surface area (Å²) in [5.74, 6) is -2.03. The Hall–Kier alpha value is -3.67. The SMILES string of the molecule is COC(=O)c1cc(F)c(N2C3CC(OCc4c(-c5ccccc5OC(F)(F)F)noc4C4CC4)CC2[C@H](C)C3)c(F)c1. The van der Waals surface area contributed by atoms with E-state index in [9.17, 15) is 18.0 Å². The Morgan fingerprint density at radius 1 is 1.10 bits per heavy atom. The maximum Gasteiger partial charge on any atom is 0.573 e. The molecule has 7 nitrogen and oxygen atoms in total. The lowest BCUT2D eigenvalue weighted by molar-refractivity contribution is -0.274. The number of esters is 1. The van der Waals surface area contributed by atoms with E-state index in [1.54, 1.807) is 11.0 Å². The van der Waals surface area contributed by atoms with E-state index in [0.717, 1.165) is 32.1 Å². The lowest BCUT2D eigenvalue weighted by Gasteiger charge is -2.41. The molecular formula is C30H29F5N2O5. The van der Waals surface area contributed by atoms with E-state index in [-0.39, 0.29) is 64.9 Å². The number of para-hydroxylation sites is 1. The fourth-order valence-corrected chi connectivity index (χ4v) is 6.42. The predicted octanol–water partition coefficient (Wildman–Crippen LogP) is 7.15. The van der Waals surface area contributed by atoms with Gasteiger partial charge in [-0.05, 0) is 62.3 Å². The zero-order valence-corrected chi connectivity index (χ0v) is 22.9. The van der Waals surface area contributed by atoms with Crippen molar-refractivity contribution in [1.29, 1.82) is 0 Å². The number of piperidine rings is 1. The number of ether oxygens (including phenoxy) is 3. The maximum atomic E-state index is 15.2. The lowest BCUT2D eigenvalue weighted by Crippen LogP contribution is -2.47. The van der Waals surface area contributed by atoms with Crippen LogP contribution in [-0.4, -0.2) is 42.8 Å². The zero-order valence-electron chi connectivity index (χ0n) is 22.9. The second kappa shape index (κ2) is 10.9. The Bertz CT molecular complexity index is 1460. The van der Waals surface area contributed by atoms with Gasteiger partial charge >= 0.3 is 12.3 Å². The number of carbonyl (C=O) groups is 1. The van der Waals surface area contributed by atoms with E-state index in [2.05, 4.69) is 14.6 Å². The number of nitrogens with zero attached hydrogens (tertiary/aromatic N) is 2. The monoisotopic (exact) mass is 592 g/mol. The number of carbonyl (C=O) groups excluding carboxylic acids is 1. The molecule has 1 aromatic heterocycles. The van der Waals surface area contributed by atoms with Crippen LogP contribution in [0, 0.1) is 17.6 Å². The molecule has 6 rings (SSSR count). The third kappa shape index (κ3) is 5.44. The topological polar surface area (TPSA) is 74.0 Å². The van der Waals surface area contributed by atoms with Crippen LogP contribution in [0.3, 0.4) is 0 Å². The minimum Gasteiger partial charge on any atom is -0.465 e. The summed E-state index contributed by atoms with van der Waals surface area (Å²) in [4.78, 5) is 13.6. The van der Waals surface area contributed by atoms with Gasteiger partial charge in [0.15, 0.2) is 0 Å². The highest BCUT2D eigenvalue weighted by molar-refractivity contribution is 5.90. The largest absolute Gasteiger partial charge is 0.573 e. The van der Waals surface area contributed by atoms with Gasteiger partial charge in [-0.1, -0.05) is 24.2 Å². The van der Waals surface area contributed by atoms with Crippen LogP contribution in [-0.2, 0) is 16.1 Å². The van der Waals surface area contributed by atoms with E-state index in [4.69, 9.17) is 9.26 Å². The van der Waals surface area contributed by atoms with Gasteiger partial charge in [0, 0.05) is 29.1 Å². The number of hydrogen-bond acceptors (Lipinski definition) is 7. The summed E-state index contributed by atoms with van der Waals surface area (Å²) in [6.07, 6.45) is -1.69. The Kier molecular flexibility index (Phi) is 7.36. The number of aromatic nitrogens is 1. The molecule has 3 unspecified atom stereocenters. The van der Waals surface area contributed by atoms with Crippen LogP contribution in [0.4, 0.5) is 27.6 Å². The summed E-state index contributed by atoms with van der Waals surface area (Å²) in [6, 6.07) is 7.32. The van der Waals surface area contributed by atoms with E-state index in [1.807, 2.05) is 6.92 Å². The van der Waals surface area contributed by atoms with Gasteiger partial charge in [0.05, 0.1) is 25.4 Å². The summed E-state index contributed by atoms with van der Waals surface area (Å²) in [7, 11) is 1.14. The first kappa shape index (κ1) is 28.4. The lowest BCUT2D eigenvalue weighted by atomic mass is 9.95. The smallest absolute Gasteiger partial charge is 0.465 e. The van der Waals surface area contributed by atoms with Gasteiger partial charge < -0.3 is 23.6 Å². The molecule has 2 aliphatic heterocycles. The van der Waals surface area contributed by atoms with Crippen LogP contribution in [0.1, 0.15) is 66.6 Å². The fourth-order valence-electron chi connectivity index (χ4n) is 6.42. The average Bonchev–Trinajstić information content (AvgIpc) is 3.66. The Morgan fingerprint density at radius 3 is 2.45 bits per heavy atom. The van der Waals surface area contributed by atoms with Gasteiger partial charge in [-0.15, -0.1) is 13.2 Å². The normalized spacial score (nSPS) is 23.7. The number of hydrogen-bond donors (Lipinski definition) is 0. The first-order chi connectivity index (χ1) is 20.0. The summed E-state index contributed by atoms with van der Waals surface area (Å²) in [6.45, 7) is 2.08. The van der Waals surface area contributed by atoms with Crippen molar-refractivity contribution in [1.82, 2.24) is 5.16 Å². The molecule has 224 valence electrons. The number of fused-ring (bicyclic) bond motifs is 2. The van der Waals surface area contributed by atoms with Gasteiger partial charge in [0.1, 0.15) is 34.5 Å². The van der Waals surface area contributed by atoms with Crippen LogP contribution in [0.15, 0.2) is 40.9 Å². The van der Waals surface area contributed by atoms with E-state index < -0.39 is 24.0 Å². The third-order valence-corrected chi connectivity index (χ3v) is 8.38. The first-order valence-corrected chi connectivity index (χ1v) is 13.8. The van der Waals surface area contributed by atoms with Gasteiger partial charge in [-0.2, -0.15) is 0 Å². The van der Waals surface area contributed by atoms with Gasteiger partial charge in [-0.3, -0.25) is 0 Å². The second-order valence-electron chi connectivity index (χ2n) is 11.2. The molecule has 3 heterocycles. The number of rotatable bonds is 8. The minimum absolute atomic E-state index is 0.0556. The minimum atomic E-state index is -4.88. The number of halogens is 5. The number of anilines is 1. The Balaban J connectivity index is 1.23. The molecule has 0 N–H and O–H groups in total. The Labute approximate surface area is 238 Å². The maximum absolute atomic E-state index is 15.2. The van der Waals surface area contributed by atoms with Gasteiger partial charge in [-0.25, -0.2) is 13.6 Å². The molecule has 1 aliphatic carbocycles. The molecule has 3 aliphatic rings. The second-order valence-corrected chi connectivity index (χ2v) is 11.2. The average molecular weight is 593 g/mol. The first-order valence-electron chi connectivity index (χ1n) is 13.8. The van der Waals surface area contributed by atoms with Crippen molar-refractivity contribution in [2.45, 2.75) is 76.1 Å². The summed E-state index contributed by atoms with van der Waals surface area (Å²) >= 11 is 0. The molecule has 0 amide bonds. The molecule has 0 spiro atoms. The van der Waals surface area contributed by atoms with Crippen molar-refractivity contribution >= 4 is 11.7 Å². The van der Waals surface area contributed by atoms with Crippen molar-refractivity contribution in [3.8, 4) is 17.0 Å². The van der Waals surface area contributed by atoms with Crippen LogP contribution in [0.5, 0.6) is 5.75 Å². The Morgan fingerprint density at radius 2 is 1.81 bits per heavy atom. The quantitative estimate of drug-likeness (QED) is 0.203. The molecule has 2 bridgehead atoms.